The molecule has 2 rings (SSSR count). The normalized spacial score (nSPS) is 32.6. The maximum atomic E-state index is 3.52. The van der Waals surface area contributed by atoms with E-state index in [-0.39, 0.29) is 0 Å². The molecule has 0 spiro atoms. The van der Waals surface area contributed by atoms with E-state index in [1.807, 2.05) is 11.3 Å². The quantitative estimate of drug-likeness (QED) is 0.835. The van der Waals surface area contributed by atoms with Gasteiger partial charge in [0.05, 0.1) is 0 Å². The van der Waals surface area contributed by atoms with Crippen LogP contribution in [-0.4, -0.2) is 7.05 Å². The fraction of sp³-hybridized carbons (Fsp3) is 0.714. The van der Waals surface area contributed by atoms with E-state index >= 15 is 0 Å². The molecular formula is C14H23NS. The van der Waals surface area contributed by atoms with E-state index in [0.29, 0.717) is 6.04 Å². The Kier molecular flexibility index (Phi) is 4.04. The van der Waals surface area contributed by atoms with Crippen LogP contribution in [0, 0.1) is 17.8 Å². The molecule has 0 amide bonds. The van der Waals surface area contributed by atoms with Crippen LogP contribution in [0.15, 0.2) is 16.8 Å². The summed E-state index contributed by atoms with van der Waals surface area (Å²) in [5.41, 5.74) is 1.49. The molecule has 90 valence electrons. The van der Waals surface area contributed by atoms with Crippen LogP contribution >= 0.6 is 11.3 Å². The zero-order chi connectivity index (χ0) is 11.5. The van der Waals surface area contributed by atoms with Crippen molar-refractivity contribution in [3.05, 3.63) is 22.4 Å². The lowest BCUT2D eigenvalue weighted by Crippen LogP contribution is -2.31. The molecule has 0 radical (unpaired) electrons. The molecule has 0 bridgehead atoms. The summed E-state index contributed by atoms with van der Waals surface area (Å²) in [6.45, 7) is 4.82. The highest BCUT2D eigenvalue weighted by Gasteiger charge is 2.30. The van der Waals surface area contributed by atoms with Gasteiger partial charge in [0.15, 0.2) is 0 Å². The van der Waals surface area contributed by atoms with Crippen LogP contribution in [0.3, 0.4) is 0 Å². The Bertz CT molecular complexity index is 307. The van der Waals surface area contributed by atoms with Crippen molar-refractivity contribution in [2.24, 2.45) is 17.8 Å². The van der Waals surface area contributed by atoms with Crippen LogP contribution in [0.25, 0.3) is 0 Å². The Hall–Kier alpha value is -0.340. The summed E-state index contributed by atoms with van der Waals surface area (Å²) in [6, 6.07) is 2.84. The zero-order valence-corrected chi connectivity index (χ0v) is 11.4. The van der Waals surface area contributed by atoms with E-state index in [1.54, 1.807) is 0 Å². The third kappa shape index (κ3) is 2.49. The van der Waals surface area contributed by atoms with E-state index in [1.165, 1.54) is 24.8 Å². The van der Waals surface area contributed by atoms with Gasteiger partial charge in [0.2, 0.25) is 0 Å². The summed E-state index contributed by atoms with van der Waals surface area (Å²) in [5, 5.41) is 8.00. The average molecular weight is 237 g/mol. The molecule has 4 atom stereocenters. The van der Waals surface area contributed by atoms with E-state index in [2.05, 4.69) is 43.0 Å². The largest absolute Gasteiger partial charge is 0.313 e. The molecule has 1 fully saturated rings. The van der Waals surface area contributed by atoms with Gasteiger partial charge in [0, 0.05) is 6.04 Å². The van der Waals surface area contributed by atoms with E-state index in [9.17, 15) is 0 Å². The molecule has 1 aromatic rings. The van der Waals surface area contributed by atoms with Gasteiger partial charge in [-0.2, -0.15) is 11.3 Å². The number of rotatable bonds is 3. The molecule has 1 heterocycles. The van der Waals surface area contributed by atoms with E-state index in [4.69, 9.17) is 0 Å². The maximum absolute atomic E-state index is 3.52. The molecule has 1 saturated carbocycles. The molecule has 0 aliphatic heterocycles. The monoisotopic (exact) mass is 237 g/mol. The summed E-state index contributed by atoms with van der Waals surface area (Å²) in [6.07, 6.45) is 4.16. The van der Waals surface area contributed by atoms with Gasteiger partial charge in [-0.1, -0.05) is 20.3 Å². The minimum atomic E-state index is 0.571. The first-order valence-corrected chi connectivity index (χ1v) is 7.36. The van der Waals surface area contributed by atoms with Crippen LogP contribution in [0.5, 0.6) is 0 Å². The topological polar surface area (TPSA) is 12.0 Å². The second-order valence-electron chi connectivity index (χ2n) is 5.35. The second-order valence-corrected chi connectivity index (χ2v) is 6.13. The fourth-order valence-corrected chi connectivity index (χ4v) is 3.72. The minimum absolute atomic E-state index is 0.571. The SMILES string of the molecule is CNC(c1ccsc1)C1CCC(C)C(C)C1. The van der Waals surface area contributed by atoms with Crippen LogP contribution in [0.4, 0.5) is 0 Å². The number of hydrogen-bond donors (Lipinski definition) is 1. The molecule has 1 aliphatic carbocycles. The molecule has 1 aliphatic rings. The standard InChI is InChI=1S/C14H23NS/c1-10-4-5-12(8-11(10)2)14(15-3)13-6-7-16-9-13/h6-7,9-12,14-15H,4-5,8H2,1-3H3. The van der Waals surface area contributed by atoms with E-state index in [0.717, 1.165) is 17.8 Å². The van der Waals surface area contributed by atoms with Crippen molar-refractivity contribution < 1.29 is 0 Å². The highest BCUT2D eigenvalue weighted by molar-refractivity contribution is 7.07. The van der Waals surface area contributed by atoms with Crippen LogP contribution in [-0.2, 0) is 0 Å². The zero-order valence-electron chi connectivity index (χ0n) is 10.6. The van der Waals surface area contributed by atoms with Crippen molar-refractivity contribution in [3.8, 4) is 0 Å². The van der Waals surface area contributed by atoms with Gasteiger partial charge in [0.25, 0.3) is 0 Å². The van der Waals surface area contributed by atoms with Gasteiger partial charge in [-0.3, -0.25) is 0 Å². The number of thiophene rings is 1. The summed E-state index contributed by atoms with van der Waals surface area (Å²) >= 11 is 1.81. The first-order chi connectivity index (χ1) is 7.72. The molecule has 1 nitrogen and oxygen atoms in total. The summed E-state index contributed by atoms with van der Waals surface area (Å²) in [4.78, 5) is 0. The predicted molar refractivity (Wildman–Crippen MR) is 71.8 cm³/mol. The van der Waals surface area contributed by atoms with Crippen molar-refractivity contribution in [1.82, 2.24) is 5.32 Å². The molecular weight excluding hydrogens is 214 g/mol. The van der Waals surface area contributed by atoms with Crippen molar-refractivity contribution in [3.63, 3.8) is 0 Å². The lowest BCUT2D eigenvalue weighted by molar-refractivity contribution is 0.175. The Labute approximate surface area is 103 Å². The predicted octanol–water partition coefficient (Wildman–Crippen LogP) is 4.08. The molecule has 0 saturated heterocycles. The highest BCUT2D eigenvalue weighted by Crippen LogP contribution is 2.40. The third-order valence-electron chi connectivity index (χ3n) is 4.32. The van der Waals surface area contributed by atoms with Crippen molar-refractivity contribution in [2.45, 2.75) is 39.2 Å². The smallest absolute Gasteiger partial charge is 0.0354 e. The van der Waals surface area contributed by atoms with Crippen molar-refractivity contribution >= 4 is 11.3 Å². The van der Waals surface area contributed by atoms with Crippen LogP contribution < -0.4 is 5.32 Å². The molecule has 1 N–H and O–H groups in total. The van der Waals surface area contributed by atoms with Gasteiger partial charge in [-0.15, -0.1) is 0 Å². The molecule has 16 heavy (non-hydrogen) atoms. The number of hydrogen-bond acceptors (Lipinski definition) is 2. The van der Waals surface area contributed by atoms with Crippen LogP contribution in [0.1, 0.15) is 44.7 Å². The van der Waals surface area contributed by atoms with E-state index < -0.39 is 0 Å². The summed E-state index contributed by atoms with van der Waals surface area (Å²) < 4.78 is 0. The van der Waals surface area contributed by atoms with Gasteiger partial charge in [-0.05, 0) is 60.0 Å². The molecule has 2 heteroatoms. The number of nitrogens with one attached hydrogen (secondary N) is 1. The minimum Gasteiger partial charge on any atom is -0.313 e. The lowest BCUT2D eigenvalue weighted by Gasteiger charge is -2.36. The Morgan fingerprint density at radius 2 is 2.12 bits per heavy atom. The first kappa shape index (κ1) is 12.1. The van der Waals surface area contributed by atoms with Gasteiger partial charge in [-0.25, -0.2) is 0 Å². The highest BCUT2D eigenvalue weighted by atomic mass is 32.1. The second kappa shape index (κ2) is 5.33. The lowest BCUT2D eigenvalue weighted by atomic mass is 9.72. The first-order valence-electron chi connectivity index (χ1n) is 6.41. The molecule has 4 unspecified atom stereocenters. The fourth-order valence-electron chi connectivity index (χ4n) is 3.02. The summed E-state index contributed by atoms with van der Waals surface area (Å²) in [5.74, 6) is 2.62. The van der Waals surface area contributed by atoms with Crippen molar-refractivity contribution in [1.29, 1.82) is 0 Å². The van der Waals surface area contributed by atoms with Crippen molar-refractivity contribution in [2.75, 3.05) is 7.05 Å². The Morgan fingerprint density at radius 3 is 2.69 bits per heavy atom. The van der Waals surface area contributed by atoms with Gasteiger partial charge in [0.1, 0.15) is 0 Å². The van der Waals surface area contributed by atoms with Crippen LogP contribution in [0.2, 0.25) is 0 Å². The third-order valence-corrected chi connectivity index (χ3v) is 5.02. The Morgan fingerprint density at radius 1 is 1.31 bits per heavy atom. The van der Waals surface area contributed by atoms with Gasteiger partial charge >= 0.3 is 0 Å². The average Bonchev–Trinajstić information content (AvgIpc) is 2.78. The molecule has 1 aromatic heterocycles. The summed E-state index contributed by atoms with van der Waals surface area (Å²) in [7, 11) is 2.10. The maximum Gasteiger partial charge on any atom is 0.0354 e. The Balaban J connectivity index is 2.05. The molecule has 0 aromatic carbocycles. The van der Waals surface area contributed by atoms with Gasteiger partial charge < -0.3 is 5.32 Å².